The molecule has 1 aromatic heterocycles. The average molecular weight is 435 g/mol. The van der Waals surface area contributed by atoms with Crippen molar-refractivity contribution < 1.29 is 4.74 Å². The van der Waals surface area contributed by atoms with Gasteiger partial charge in [0, 0.05) is 29.2 Å². The second-order valence-corrected chi connectivity index (χ2v) is 10.1. The number of benzene rings is 1. The number of likely N-dealkylation sites (tertiary alicyclic amines) is 1. The number of ether oxygens (including phenoxy) is 1. The van der Waals surface area contributed by atoms with E-state index in [1.54, 1.807) is 0 Å². The SMILES string of the molecule is C/C=C(C)\C(=C/CC)c1[nH]c2ccc(C3CCN(C4CCCOC4)CC3)cc2c1C(C)C. The van der Waals surface area contributed by atoms with Gasteiger partial charge in [0.05, 0.1) is 6.61 Å². The zero-order valence-electron chi connectivity index (χ0n) is 20.8. The quantitative estimate of drug-likeness (QED) is 0.479. The van der Waals surface area contributed by atoms with Crippen LogP contribution in [0.4, 0.5) is 0 Å². The summed E-state index contributed by atoms with van der Waals surface area (Å²) in [6.07, 6.45) is 10.7. The Morgan fingerprint density at radius 2 is 2.00 bits per heavy atom. The molecule has 2 saturated heterocycles. The first-order valence-corrected chi connectivity index (χ1v) is 12.8. The van der Waals surface area contributed by atoms with Crippen molar-refractivity contribution in [2.24, 2.45) is 0 Å². The Bertz CT molecular complexity index is 966. The maximum Gasteiger partial charge on any atom is 0.0621 e. The van der Waals surface area contributed by atoms with Crippen molar-refractivity contribution in [2.75, 3.05) is 26.3 Å². The Morgan fingerprint density at radius 3 is 2.62 bits per heavy atom. The zero-order chi connectivity index (χ0) is 22.7. The first-order chi connectivity index (χ1) is 15.5. The number of allylic oxidation sites excluding steroid dienone is 4. The molecule has 3 heterocycles. The van der Waals surface area contributed by atoms with Gasteiger partial charge in [-0.2, -0.15) is 0 Å². The number of H-pyrrole nitrogens is 1. The predicted octanol–water partition coefficient (Wildman–Crippen LogP) is 7.41. The van der Waals surface area contributed by atoms with Crippen LogP contribution in [0.5, 0.6) is 0 Å². The largest absolute Gasteiger partial charge is 0.380 e. The summed E-state index contributed by atoms with van der Waals surface area (Å²) in [6.45, 7) is 15.5. The van der Waals surface area contributed by atoms with Gasteiger partial charge in [0.1, 0.15) is 0 Å². The van der Waals surface area contributed by atoms with Gasteiger partial charge in [-0.3, -0.25) is 4.90 Å². The van der Waals surface area contributed by atoms with Crippen molar-refractivity contribution in [1.82, 2.24) is 9.88 Å². The minimum atomic E-state index is 0.479. The fourth-order valence-electron chi connectivity index (χ4n) is 5.73. The molecule has 1 aromatic carbocycles. The number of fused-ring (bicyclic) bond motifs is 1. The van der Waals surface area contributed by atoms with E-state index in [2.05, 4.69) is 74.9 Å². The molecule has 3 heteroatoms. The first kappa shape index (κ1) is 23.3. The minimum absolute atomic E-state index is 0.479. The summed E-state index contributed by atoms with van der Waals surface area (Å²) >= 11 is 0. The van der Waals surface area contributed by atoms with Crippen molar-refractivity contribution >= 4 is 16.5 Å². The molecule has 4 rings (SSSR count). The molecule has 0 saturated carbocycles. The van der Waals surface area contributed by atoms with Crippen LogP contribution >= 0.6 is 0 Å². The Balaban J connectivity index is 1.61. The molecule has 0 radical (unpaired) electrons. The van der Waals surface area contributed by atoms with Crippen molar-refractivity contribution in [3.8, 4) is 0 Å². The Labute approximate surface area is 194 Å². The van der Waals surface area contributed by atoms with Crippen molar-refractivity contribution in [3.63, 3.8) is 0 Å². The molecule has 0 bridgehead atoms. The lowest BCUT2D eigenvalue weighted by atomic mass is 9.86. The molecule has 2 aliphatic rings. The van der Waals surface area contributed by atoms with Gasteiger partial charge >= 0.3 is 0 Å². The molecule has 2 aromatic rings. The molecule has 32 heavy (non-hydrogen) atoms. The van der Waals surface area contributed by atoms with Crippen LogP contribution in [0.3, 0.4) is 0 Å². The smallest absolute Gasteiger partial charge is 0.0621 e. The standard InChI is InChI=1S/C29H42N2O/c1-6-9-25(21(5)7-2)29-28(20(3)4)26-18-23(11-12-27(26)30-29)22-13-15-31(16-14-22)24-10-8-17-32-19-24/h7,9,11-12,18,20,22,24,30H,6,8,10,13-17,19H2,1-5H3/b21-7-,25-9+. The van der Waals surface area contributed by atoms with E-state index in [1.165, 1.54) is 77.6 Å². The van der Waals surface area contributed by atoms with Gasteiger partial charge in [0.2, 0.25) is 0 Å². The molecule has 0 spiro atoms. The van der Waals surface area contributed by atoms with Crippen LogP contribution < -0.4 is 0 Å². The predicted molar refractivity (Wildman–Crippen MR) is 137 cm³/mol. The van der Waals surface area contributed by atoms with E-state index in [0.717, 1.165) is 19.6 Å². The second kappa shape index (κ2) is 10.4. The summed E-state index contributed by atoms with van der Waals surface area (Å²) in [6, 6.07) is 7.85. The van der Waals surface area contributed by atoms with Crippen LogP contribution in [0, 0.1) is 0 Å². The number of piperidine rings is 1. The monoisotopic (exact) mass is 434 g/mol. The third-order valence-corrected chi connectivity index (χ3v) is 7.63. The summed E-state index contributed by atoms with van der Waals surface area (Å²) in [5.74, 6) is 1.15. The van der Waals surface area contributed by atoms with E-state index >= 15 is 0 Å². The topological polar surface area (TPSA) is 28.3 Å². The molecule has 174 valence electrons. The molecule has 1 N–H and O–H groups in total. The molecular formula is C29H42N2O. The molecule has 1 unspecified atom stereocenters. The van der Waals surface area contributed by atoms with Gasteiger partial charge in [-0.25, -0.2) is 0 Å². The Morgan fingerprint density at radius 1 is 1.22 bits per heavy atom. The van der Waals surface area contributed by atoms with Gasteiger partial charge in [0.25, 0.3) is 0 Å². The van der Waals surface area contributed by atoms with Gasteiger partial charge < -0.3 is 9.72 Å². The number of aromatic amines is 1. The van der Waals surface area contributed by atoms with Crippen molar-refractivity contribution in [3.05, 3.63) is 52.7 Å². The lowest BCUT2D eigenvalue weighted by Crippen LogP contribution is -2.45. The highest BCUT2D eigenvalue weighted by molar-refractivity contribution is 5.93. The molecule has 0 aliphatic carbocycles. The number of hydrogen-bond acceptors (Lipinski definition) is 2. The summed E-state index contributed by atoms with van der Waals surface area (Å²) in [5, 5.41) is 1.42. The van der Waals surface area contributed by atoms with E-state index in [4.69, 9.17) is 4.74 Å². The summed E-state index contributed by atoms with van der Waals surface area (Å²) in [7, 11) is 0. The Kier molecular flexibility index (Phi) is 7.58. The van der Waals surface area contributed by atoms with Gasteiger partial charge in [-0.05, 0) is 105 Å². The third kappa shape index (κ3) is 4.75. The second-order valence-electron chi connectivity index (χ2n) is 10.1. The first-order valence-electron chi connectivity index (χ1n) is 12.8. The summed E-state index contributed by atoms with van der Waals surface area (Å²) in [4.78, 5) is 6.48. The van der Waals surface area contributed by atoms with E-state index in [9.17, 15) is 0 Å². The van der Waals surface area contributed by atoms with E-state index < -0.39 is 0 Å². The molecular weight excluding hydrogens is 392 g/mol. The number of nitrogens with one attached hydrogen (secondary N) is 1. The lowest BCUT2D eigenvalue weighted by Gasteiger charge is -2.39. The van der Waals surface area contributed by atoms with Crippen LogP contribution in [0.2, 0.25) is 0 Å². The van der Waals surface area contributed by atoms with Crippen molar-refractivity contribution in [1.29, 1.82) is 0 Å². The highest BCUT2D eigenvalue weighted by Crippen LogP contribution is 2.38. The van der Waals surface area contributed by atoms with Crippen molar-refractivity contribution in [2.45, 2.75) is 84.6 Å². The van der Waals surface area contributed by atoms with Gasteiger partial charge in [0.15, 0.2) is 0 Å². The van der Waals surface area contributed by atoms with Crippen LogP contribution in [-0.2, 0) is 4.74 Å². The van der Waals surface area contributed by atoms with E-state index in [-0.39, 0.29) is 0 Å². The normalized spacial score (nSPS) is 22.2. The molecule has 3 nitrogen and oxygen atoms in total. The third-order valence-electron chi connectivity index (χ3n) is 7.63. The molecule has 2 fully saturated rings. The maximum atomic E-state index is 5.74. The maximum absolute atomic E-state index is 5.74. The minimum Gasteiger partial charge on any atom is -0.380 e. The number of aromatic nitrogens is 1. The highest BCUT2D eigenvalue weighted by Gasteiger charge is 2.28. The lowest BCUT2D eigenvalue weighted by molar-refractivity contribution is 0.00886. The number of rotatable bonds is 6. The summed E-state index contributed by atoms with van der Waals surface area (Å²) < 4.78 is 5.74. The summed E-state index contributed by atoms with van der Waals surface area (Å²) in [5.41, 5.74) is 8.29. The molecule has 2 aliphatic heterocycles. The number of hydrogen-bond donors (Lipinski definition) is 1. The fraction of sp³-hybridized carbons (Fsp3) is 0.586. The highest BCUT2D eigenvalue weighted by atomic mass is 16.5. The van der Waals surface area contributed by atoms with Crippen LogP contribution in [-0.4, -0.2) is 42.2 Å². The molecule has 0 amide bonds. The zero-order valence-corrected chi connectivity index (χ0v) is 20.8. The van der Waals surface area contributed by atoms with Crippen LogP contribution in [0.15, 0.2) is 35.9 Å². The average Bonchev–Trinajstić information content (AvgIpc) is 3.21. The van der Waals surface area contributed by atoms with E-state index in [1.807, 2.05) is 0 Å². The number of nitrogens with zero attached hydrogens (tertiary/aromatic N) is 1. The fourth-order valence-corrected chi connectivity index (χ4v) is 5.73. The van der Waals surface area contributed by atoms with Crippen LogP contribution in [0.1, 0.15) is 95.4 Å². The van der Waals surface area contributed by atoms with E-state index in [0.29, 0.717) is 17.9 Å². The van der Waals surface area contributed by atoms with Crippen LogP contribution in [0.25, 0.3) is 16.5 Å². The van der Waals surface area contributed by atoms with Gasteiger partial charge in [-0.1, -0.05) is 39.0 Å². The molecule has 1 atom stereocenters. The Hall–Kier alpha value is -1.84. The van der Waals surface area contributed by atoms with Gasteiger partial charge in [-0.15, -0.1) is 0 Å².